The molecule has 6 nitrogen and oxygen atoms in total. The van der Waals surface area contributed by atoms with Gasteiger partial charge in [-0.25, -0.2) is 8.42 Å². The monoisotopic (exact) mass is 334 g/mol. The number of benzene rings is 1. The highest BCUT2D eigenvalue weighted by Gasteiger charge is 2.20. The number of carbonyl (C=O) groups excluding carboxylic acids is 1. The summed E-state index contributed by atoms with van der Waals surface area (Å²) >= 11 is 5.78. The van der Waals surface area contributed by atoms with E-state index in [0.29, 0.717) is 18.0 Å². The average Bonchev–Trinajstić information content (AvgIpc) is 2.40. The zero-order chi connectivity index (χ0) is 15.9. The number of carbonyl (C=O) groups is 1. The number of hydrogen-bond donors (Lipinski definition) is 2. The topological polar surface area (TPSA) is 86.7 Å². The van der Waals surface area contributed by atoms with Crippen LogP contribution < -0.4 is 5.32 Å². The van der Waals surface area contributed by atoms with Crippen LogP contribution in [0.15, 0.2) is 24.3 Å². The van der Waals surface area contributed by atoms with Gasteiger partial charge in [0.15, 0.2) is 0 Å². The Bertz CT molecular complexity index is 560. The molecule has 0 fully saturated rings. The van der Waals surface area contributed by atoms with Crippen LogP contribution in [0.5, 0.6) is 0 Å². The number of aliphatic hydroxyl groups is 1. The van der Waals surface area contributed by atoms with Gasteiger partial charge < -0.3 is 10.4 Å². The minimum absolute atomic E-state index is 0.0269. The first-order valence-electron chi connectivity index (χ1n) is 6.40. The van der Waals surface area contributed by atoms with E-state index >= 15 is 0 Å². The van der Waals surface area contributed by atoms with Crippen LogP contribution in [0.3, 0.4) is 0 Å². The molecule has 0 aliphatic heterocycles. The van der Waals surface area contributed by atoms with Crippen LogP contribution in [0.4, 0.5) is 0 Å². The number of sulfonamides is 1. The average molecular weight is 335 g/mol. The van der Waals surface area contributed by atoms with Crippen LogP contribution >= 0.6 is 11.6 Å². The van der Waals surface area contributed by atoms with E-state index in [1.165, 1.54) is 0 Å². The molecule has 0 unspecified atom stereocenters. The Morgan fingerprint density at radius 2 is 1.95 bits per heavy atom. The second-order valence-electron chi connectivity index (χ2n) is 4.58. The molecule has 0 spiro atoms. The Kier molecular flexibility index (Phi) is 7.10. The maximum absolute atomic E-state index is 11.7. The van der Waals surface area contributed by atoms with Gasteiger partial charge in [-0.3, -0.25) is 4.79 Å². The lowest BCUT2D eigenvalue weighted by Crippen LogP contribution is -2.40. The quantitative estimate of drug-likeness (QED) is 0.682. The molecule has 1 rings (SSSR count). The highest BCUT2D eigenvalue weighted by Crippen LogP contribution is 2.13. The number of amides is 1. The lowest BCUT2D eigenvalue weighted by Gasteiger charge is -2.19. The molecule has 2 N–H and O–H groups in total. The zero-order valence-corrected chi connectivity index (χ0v) is 13.3. The van der Waals surface area contributed by atoms with Crippen molar-refractivity contribution in [2.75, 3.05) is 26.0 Å². The molecule has 0 atom stereocenters. The van der Waals surface area contributed by atoms with E-state index in [4.69, 9.17) is 16.7 Å². The molecule has 8 heteroatoms. The standard InChI is InChI=1S/C13H19ClN2O4S/c1-21(19,20)16(10-13(18)15-7-2-8-17)9-11-3-5-12(14)6-4-11/h3-6,17H,2,7-10H2,1H3,(H,15,18). The maximum Gasteiger partial charge on any atom is 0.235 e. The summed E-state index contributed by atoms with van der Waals surface area (Å²) in [5, 5.41) is 11.8. The molecule has 0 aromatic heterocycles. The van der Waals surface area contributed by atoms with E-state index in [-0.39, 0.29) is 19.7 Å². The summed E-state index contributed by atoms with van der Waals surface area (Å²) in [6.07, 6.45) is 1.49. The van der Waals surface area contributed by atoms with Crippen LogP contribution in [0.25, 0.3) is 0 Å². The second-order valence-corrected chi connectivity index (χ2v) is 7.00. The van der Waals surface area contributed by atoms with E-state index < -0.39 is 15.9 Å². The predicted molar refractivity (Wildman–Crippen MR) is 81.4 cm³/mol. The van der Waals surface area contributed by atoms with Gasteiger partial charge in [0.05, 0.1) is 12.8 Å². The van der Waals surface area contributed by atoms with Crippen LogP contribution in [0.1, 0.15) is 12.0 Å². The molecule has 0 radical (unpaired) electrons. The van der Waals surface area contributed by atoms with Gasteiger partial charge in [0, 0.05) is 24.7 Å². The van der Waals surface area contributed by atoms with Crippen molar-refractivity contribution in [3.63, 3.8) is 0 Å². The number of nitrogens with one attached hydrogen (secondary N) is 1. The van der Waals surface area contributed by atoms with Gasteiger partial charge in [0.1, 0.15) is 0 Å². The molecular formula is C13H19ClN2O4S. The summed E-state index contributed by atoms with van der Waals surface area (Å²) in [4.78, 5) is 11.7. The third-order valence-corrected chi connectivity index (χ3v) is 4.17. The SMILES string of the molecule is CS(=O)(=O)N(CC(=O)NCCCO)Cc1ccc(Cl)cc1. The highest BCUT2D eigenvalue weighted by molar-refractivity contribution is 7.88. The van der Waals surface area contributed by atoms with Crippen molar-refractivity contribution in [2.24, 2.45) is 0 Å². The van der Waals surface area contributed by atoms with E-state index in [9.17, 15) is 13.2 Å². The van der Waals surface area contributed by atoms with Gasteiger partial charge >= 0.3 is 0 Å². The van der Waals surface area contributed by atoms with Gasteiger partial charge in [-0.05, 0) is 24.1 Å². The lowest BCUT2D eigenvalue weighted by atomic mass is 10.2. The fourth-order valence-corrected chi connectivity index (χ4v) is 2.47. The summed E-state index contributed by atoms with van der Waals surface area (Å²) in [5.74, 6) is -0.400. The summed E-state index contributed by atoms with van der Waals surface area (Å²) < 4.78 is 24.6. The Morgan fingerprint density at radius 3 is 2.48 bits per heavy atom. The molecule has 1 amide bonds. The normalized spacial score (nSPS) is 11.6. The van der Waals surface area contributed by atoms with Crippen molar-refractivity contribution in [1.82, 2.24) is 9.62 Å². The van der Waals surface area contributed by atoms with E-state index in [0.717, 1.165) is 16.1 Å². The van der Waals surface area contributed by atoms with Crippen LogP contribution in [0.2, 0.25) is 5.02 Å². The van der Waals surface area contributed by atoms with Crippen molar-refractivity contribution in [1.29, 1.82) is 0 Å². The van der Waals surface area contributed by atoms with Gasteiger partial charge in [-0.15, -0.1) is 0 Å². The van der Waals surface area contributed by atoms with Crippen LogP contribution in [-0.4, -0.2) is 49.7 Å². The van der Waals surface area contributed by atoms with E-state index in [1.54, 1.807) is 24.3 Å². The zero-order valence-electron chi connectivity index (χ0n) is 11.8. The van der Waals surface area contributed by atoms with Gasteiger partial charge in [0.25, 0.3) is 0 Å². The molecule has 1 aromatic carbocycles. The fourth-order valence-electron chi connectivity index (χ4n) is 1.61. The maximum atomic E-state index is 11.7. The first kappa shape index (κ1) is 17.9. The summed E-state index contributed by atoms with van der Waals surface area (Å²) in [6, 6.07) is 6.76. The third kappa shape index (κ3) is 6.90. The van der Waals surface area contributed by atoms with Crippen LogP contribution in [-0.2, 0) is 21.4 Å². The molecule has 0 heterocycles. The number of rotatable bonds is 8. The number of hydrogen-bond acceptors (Lipinski definition) is 4. The highest BCUT2D eigenvalue weighted by atomic mass is 35.5. The molecule has 21 heavy (non-hydrogen) atoms. The summed E-state index contributed by atoms with van der Waals surface area (Å²) in [6.45, 7) is 0.130. The van der Waals surface area contributed by atoms with Crippen molar-refractivity contribution < 1.29 is 18.3 Å². The second kappa shape index (κ2) is 8.33. The molecule has 0 bridgehead atoms. The molecule has 0 aliphatic rings. The molecular weight excluding hydrogens is 316 g/mol. The van der Waals surface area contributed by atoms with E-state index in [1.807, 2.05) is 0 Å². The van der Waals surface area contributed by atoms with Crippen molar-refractivity contribution >= 4 is 27.5 Å². The van der Waals surface area contributed by atoms with E-state index in [2.05, 4.69) is 5.32 Å². The van der Waals surface area contributed by atoms with Crippen molar-refractivity contribution in [2.45, 2.75) is 13.0 Å². The Morgan fingerprint density at radius 1 is 1.33 bits per heavy atom. The number of aliphatic hydroxyl groups excluding tert-OH is 1. The van der Waals surface area contributed by atoms with Gasteiger partial charge in [-0.2, -0.15) is 4.31 Å². The van der Waals surface area contributed by atoms with Gasteiger partial charge in [-0.1, -0.05) is 23.7 Å². The Balaban J connectivity index is 2.69. The Labute approximate surface area is 129 Å². The molecule has 0 aliphatic carbocycles. The van der Waals surface area contributed by atoms with Crippen molar-refractivity contribution in [3.05, 3.63) is 34.9 Å². The summed E-state index contributed by atoms with van der Waals surface area (Å²) in [7, 11) is -3.51. The van der Waals surface area contributed by atoms with Crippen LogP contribution in [0, 0.1) is 0 Å². The minimum Gasteiger partial charge on any atom is -0.396 e. The minimum atomic E-state index is -3.51. The summed E-state index contributed by atoms with van der Waals surface area (Å²) in [5.41, 5.74) is 0.744. The Hall–Kier alpha value is -1.15. The number of halogens is 1. The largest absolute Gasteiger partial charge is 0.396 e. The third-order valence-electron chi connectivity index (χ3n) is 2.72. The first-order valence-corrected chi connectivity index (χ1v) is 8.62. The van der Waals surface area contributed by atoms with Crippen molar-refractivity contribution in [3.8, 4) is 0 Å². The predicted octanol–water partition coefficient (Wildman–Crippen LogP) is 0.600. The molecule has 0 saturated carbocycles. The number of nitrogens with zero attached hydrogens (tertiary/aromatic N) is 1. The smallest absolute Gasteiger partial charge is 0.235 e. The fraction of sp³-hybridized carbons (Fsp3) is 0.462. The molecule has 1 aromatic rings. The molecule has 118 valence electrons. The first-order chi connectivity index (χ1) is 9.82. The van der Waals surface area contributed by atoms with Gasteiger partial charge in [0.2, 0.25) is 15.9 Å². The molecule has 0 saturated heterocycles. The lowest BCUT2D eigenvalue weighted by molar-refractivity contribution is -0.121.